The van der Waals surface area contributed by atoms with Crippen LogP contribution in [0.3, 0.4) is 0 Å². The van der Waals surface area contributed by atoms with Gasteiger partial charge in [-0.15, -0.1) is 0 Å². The second-order valence-electron chi connectivity index (χ2n) is 6.44. The fourth-order valence-electron chi connectivity index (χ4n) is 3.58. The minimum atomic E-state index is -0.0135. The van der Waals surface area contributed by atoms with E-state index in [1.807, 2.05) is 36.1 Å². The van der Waals surface area contributed by atoms with Crippen LogP contribution in [0.2, 0.25) is 0 Å². The number of hydrogen-bond acceptors (Lipinski definition) is 4. The largest absolute Gasteiger partial charge is 0.297 e. The van der Waals surface area contributed by atoms with Gasteiger partial charge in [0.25, 0.3) is 5.56 Å². The van der Waals surface area contributed by atoms with Crippen molar-refractivity contribution in [3.63, 3.8) is 0 Å². The number of fused-ring (bicyclic) bond motifs is 1. The summed E-state index contributed by atoms with van der Waals surface area (Å²) >= 11 is 0. The molecule has 4 heterocycles. The van der Waals surface area contributed by atoms with Crippen molar-refractivity contribution in [1.29, 1.82) is 0 Å². The van der Waals surface area contributed by atoms with E-state index in [0.29, 0.717) is 11.6 Å². The molecule has 3 aromatic heterocycles. The van der Waals surface area contributed by atoms with Gasteiger partial charge in [-0.3, -0.25) is 18.8 Å². The van der Waals surface area contributed by atoms with Crippen molar-refractivity contribution in [2.24, 2.45) is 7.05 Å². The van der Waals surface area contributed by atoms with Crippen molar-refractivity contribution in [3.05, 3.63) is 64.5 Å². The van der Waals surface area contributed by atoms with E-state index in [1.165, 1.54) is 5.69 Å². The summed E-state index contributed by atoms with van der Waals surface area (Å²) in [5, 5.41) is 4.27. The van der Waals surface area contributed by atoms with Crippen molar-refractivity contribution in [3.8, 4) is 0 Å². The van der Waals surface area contributed by atoms with Crippen LogP contribution in [0.1, 0.15) is 30.1 Å². The Balaban J connectivity index is 1.46. The topological polar surface area (TPSA) is 55.4 Å². The Morgan fingerprint density at radius 1 is 1.21 bits per heavy atom. The van der Waals surface area contributed by atoms with Gasteiger partial charge in [0.1, 0.15) is 5.65 Å². The summed E-state index contributed by atoms with van der Waals surface area (Å²) in [5.41, 5.74) is 2.87. The van der Waals surface area contributed by atoms with Crippen LogP contribution >= 0.6 is 0 Å². The van der Waals surface area contributed by atoms with Crippen LogP contribution in [-0.2, 0) is 13.6 Å². The number of nitrogens with zero attached hydrogens (tertiary/aromatic N) is 5. The summed E-state index contributed by atoms with van der Waals surface area (Å²) in [4.78, 5) is 19.2. The Morgan fingerprint density at radius 3 is 2.79 bits per heavy atom. The van der Waals surface area contributed by atoms with Gasteiger partial charge in [-0.1, -0.05) is 6.07 Å². The second-order valence-corrected chi connectivity index (χ2v) is 6.44. The number of pyridine rings is 1. The molecule has 0 atom stereocenters. The third-order valence-electron chi connectivity index (χ3n) is 4.87. The van der Waals surface area contributed by atoms with Crippen LogP contribution in [0, 0.1) is 0 Å². The van der Waals surface area contributed by atoms with E-state index >= 15 is 0 Å². The molecule has 0 N–H and O–H groups in total. The number of aryl methyl sites for hydroxylation is 1. The van der Waals surface area contributed by atoms with E-state index in [0.717, 1.165) is 38.2 Å². The average Bonchev–Trinajstić information content (AvgIpc) is 3.02. The van der Waals surface area contributed by atoms with Crippen molar-refractivity contribution in [2.45, 2.75) is 25.3 Å². The Bertz CT molecular complexity index is 905. The standard InChI is InChI=1S/C18H21N5O/c1-21-16(5-8-19-21)14-6-10-22(11-7-14)13-15-12-18(24)23-9-3-2-4-17(23)20-15/h2-5,8-9,12,14H,6-7,10-11,13H2,1H3. The van der Waals surface area contributed by atoms with Gasteiger partial charge in [0.05, 0.1) is 5.69 Å². The number of rotatable bonds is 3. The molecule has 24 heavy (non-hydrogen) atoms. The van der Waals surface area contributed by atoms with Crippen LogP contribution < -0.4 is 5.56 Å². The summed E-state index contributed by atoms with van der Waals surface area (Å²) in [7, 11) is 2.01. The van der Waals surface area contributed by atoms with E-state index in [-0.39, 0.29) is 5.56 Å². The summed E-state index contributed by atoms with van der Waals surface area (Å²) < 4.78 is 3.56. The van der Waals surface area contributed by atoms with Gasteiger partial charge < -0.3 is 0 Å². The molecule has 1 aliphatic rings. The molecule has 6 nitrogen and oxygen atoms in total. The molecule has 6 heteroatoms. The van der Waals surface area contributed by atoms with E-state index in [9.17, 15) is 4.79 Å². The normalized spacial score (nSPS) is 16.7. The van der Waals surface area contributed by atoms with E-state index in [2.05, 4.69) is 21.0 Å². The van der Waals surface area contributed by atoms with Crippen molar-refractivity contribution < 1.29 is 0 Å². The third kappa shape index (κ3) is 2.85. The smallest absolute Gasteiger partial charge is 0.258 e. The Hall–Kier alpha value is -2.47. The summed E-state index contributed by atoms with van der Waals surface area (Å²) in [5.74, 6) is 0.573. The lowest BCUT2D eigenvalue weighted by Gasteiger charge is -2.31. The quantitative estimate of drug-likeness (QED) is 0.738. The second kappa shape index (κ2) is 6.20. The van der Waals surface area contributed by atoms with Crippen LogP contribution in [0.25, 0.3) is 5.65 Å². The third-order valence-corrected chi connectivity index (χ3v) is 4.87. The van der Waals surface area contributed by atoms with Crippen LogP contribution in [0.5, 0.6) is 0 Å². The van der Waals surface area contributed by atoms with Gasteiger partial charge in [-0.05, 0) is 44.1 Å². The first-order chi connectivity index (χ1) is 11.7. The fraction of sp³-hybridized carbons (Fsp3) is 0.389. The molecule has 0 bridgehead atoms. The zero-order chi connectivity index (χ0) is 16.5. The number of aromatic nitrogens is 4. The molecule has 0 radical (unpaired) electrons. The highest BCUT2D eigenvalue weighted by atomic mass is 16.1. The van der Waals surface area contributed by atoms with Crippen molar-refractivity contribution in [1.82, 2.24) is 24.1 Å². The molecular formula is C18H21N5O. The lowest BCUT2D eigenvalue weighted by atomic mass is 9.93. The SMILES string of the molecule is Cn1nccc1C1CCN(Cc2cc(=O)n3ccccc3n2)CC1. The number of piperidine rings is 1. The fourth-order valence-corrected chi connectivity index (χ4v) is 3.58. The minimum Gasteiger partial charge on any atom is -0.297 e. The predicted molar refractivity (Wildman–Crippen MR) is 91.9 cm³/mol. The van der Waals surface area contributed by atoms with E-state index in [4.69, 9.17) is 0 Å². The lowest BCUT2D eigenvalue weighted by molar-refractivity contribution is 0.199. The molecule has 0 spiro atoms. The molecule has 0 aliphatic carbocycles. The van der Waals surface area contributed by atoms with E-state index < -0.39 is 0 Å². The van der Waals surface area contributed by atoms with Crippen LogP contribution in [0.15, 0.2) is 47.5 Å². The minimum absolute atomic E-state index is 0.0135. The van der Waals surface area contributed by atoms with Gasteiger partial charge in [0, 0.05) is 43.7 Å². The zero-order valence-electron chi connectivity index (χ0n) is 13.8. The maximum atomic E-state index is 12.2. The molecule has 0 amide bonds. The monoisotopic (exact) mass is 323 g/mol. The van der Waals surface area contributed by atoms with E-state index in [1.54, 1.807) is 16.7 Å². The van der Waals surface area contributed by atoms with Crippen LogP contribution in [-0.4, -0.2) is 37.2 Å². The summed E-state index contributed by atoms with van der Waals surface area (Å²) in [6, 6.07) is 9.40. The average molecular weight is 323 g/mol. The molecule has 3 aromatic rings. The highest BCUT2D eigenvalue weighted by Gasteiger charge is 2.23. The number of likely N-dealkylation sites (tertiary alicyclic amines) is 1. The first-order valence-corrected chi connectivity index (χ1v) is 8.38. The molecule has 124 valence electrons. The van der Waals surface area contributed by atoms with Crippen LogP contribution in [0.4, 0.5) is 0 Å². The van der Waals surface area contributed by atoms with Gasteiger partial charge in [0.15, 0.2) is 0 Å². The summed E-state index contributed by atoms with van der Waals surface area (Å²) in [6.07, 6.45) is 5.86. The lowest BCUT2D eigenvalue weighted by Crippen LogP contribution is -2.33. The van der Waals surface area contributed by atoms with Gasteiger partial charge in [-0.2, -0.15) is 5.10 Å². The van der Waals surface area contributed by atoms with Gasteiger partial charge in [-0.25, -0.2) is 4.98 Å². The maximum Gasteiger partial charge on any atom is 0.258 e. The Morgan fingerprint density at radius 2 is 2.04 bits per heavy atom. The highest BCUT2D eigenvalue weighted by molar-refractivity contribution is 5.38. The molecule has 1 fully saturated rings. The first-order valence-electron chi connectivity index (χ1n) is 8.38. The summed E-state index contributed by atoms with van der Waals surface area (Å²) in [6.45, 7) is 2.77. The first kappa shape index (κ1) is 15.1. The molecule has 0 aromatic carbocycles. The molecule has 0 saturated carbocycles. The van der Waals surface area contributed by atoms with Crippen molar-refractivity contribution in [2.75, 3.05) is 13.1 Å². The van der Waals surface area contributed by atoms with Gasteiger partial charge >= 0.3 is 0 Å². The Labute approximate surface area is 140 Å². The maximum absolute atomic E-state index is 12.2. The Kier molecular flexibility index (Phi) is 3.90. The van der Waals surface area contributed by atoms with Gasteiger partial charge in [0.2, 0.25) is 0 Å². The molecule has 4 rings (SSSR count). The molecule has 1 saturated heterocycles. The zero-order valence-corrected chi connectivity index (χ0v) is 13.8. The van der Waals surface area contributed by atoms with Crippen molar-refractivity contribution >= 4 is 5.65 Å². The molecule has 0 unspecified atom stereocenters. The highest BCUT2D eigenvalue weighted by Crippen LogP contribution is 2.27. The number of hydrogen-bond donors (Lipinski definition) is 0. The molecular weight excluding hydrogens is 302 g/mol. The predicted octanol–water partition coefficient (Wildman–Crippen LogP) is 1.81. The molecule has 1 aliphatic heterocycles.